The third-order valence-electron chi connectivity index (χ3n) is 4.62. The van der Waals surface area contributed by atoms with Crippen LogP contribution in [0, 0.1) is 0 Å². The number of para-hydroxylation sites is 3. The van der Waals surface area contributed by atoms with Gasteiger partial charge in [0.15, 0.2) is 24.2 Å². The first-order valence-corrected chi connectivity index (χ1v) is 9.75. The molecule has 0 saturated carbocycles. The van der Waals surface area contributed by atoms with Crippen LogP contribution in [-0.2, 0) is 9.53 Å². The summed E-state index contributed by atoms with van der Waals surface area (Å²) >= 11 is 0. The third kappa shape index (κ3) is 4.86. The van der Waals surface area contributed by atoms with E-state index in [2.05, 4.69) is 15.6 Å². The zero-order valence-electron chi connectivity index (χ0n) is 16.8. The van der Waals surface area contributed by atoms with E-state index in [1.54, 1.807) is 42.5 Å². The molecular formula is C22H19N3O7. The van der Waals surface area contributed by atoms with Crippen molar-refractivity contribution < 1.29 is 28.6 Å². The number of esters is 1. The third-order valence-corrected chi connectivity index (χ3v) is 4.62. The second-order valence-corrected chi connectivity index (χ2v) is 6.92. The van der Waals surface area contributed by atoms with Gasteiger partial charge in [0.25, 0.3) is 5.91 Å². The zero-order valence-corrected chi connectivity index (χ0v) is 16.8. The molecule has 0 bridgehead atoms. The molecule has 3 aromatic rings. The molecule has 0 spiro atoms. The highest BCUT2D eigenvalue weighted by atomic mass is 16.6. The molecule has 1 aliphatic rings. The topological polar surface area (TPSA) is 136 Å². The Labute approximate surface area is 181 Å². The predicted octanol–water partition coefficient (Wildman–Crippen LogP) is 1.35. The van der Waals surface area contributed by atoms with Gasteiger partial charge in [0.2, 0.25) is 5.56 Å². The van der Waals surface area contributed by atoms with Gasteiger partial charge in [-0.05, 0) is 18.2 Å². The van der Waals surface area contributed by atoms with Crippen molar-refractivity contribution in [2.24, 2.45) is 0 Å². The Morgan fingerprint density at radius 2 is 1.81 bits per heavy atom. The number of benzene rings is 2. The Balaban J connectivity index is 1.25. The standard InChI is InChI=1S/C22H19N3O7/c26-19-9-15(14-5-1-2-6-16(14)24-19)21(28)31-12-20(27)25-22(29)23-10-13-11-30-17-7-3-4-8-18(17)32-13/h1-9,13H,10-12H2,(H,24,26)(H2,23,25,27,29). The molecule has 2 aromatic carbocycles. The summed E-state index contributed by atoms with van der Waals surface area (Å²) in [4.78, 5) is 50.6. The lowest BCUT2D eigenvalue weighted by atomic mass is 10.1. The average molecular weight is 437 g/mol. The molecule has 0 saturated heterocycles. The number of hydrogen-bond acceptors (Lipinski definition) is 7. The lowest BCUT2D eigenvalue weighted by Crippen LogP contribution is -2.46. The number of imide groups is 1. The molecule has 10 heteroatoms. The fraction of sp³-hybridized carbons (Fsp3) is 0.182. The summed E-state index contributed by atoms with van der Waals surface area (Å²) in [5.74, 6) is -0.481. The van der Waals surface area contributed by atoms with Crippen LogP contribution in [-0.4, -0.2) is 48.8 Å². The molecular weight excluding hydrogens is 418 g/mol. The van der Waals surface area contributed by atoms with Gasteiger partial charge in [-0.1, -0.05) is 30.3 Å². The molecule has 1 aliphatic heterocycles. The number of ether oxygens (including phenoxy) is 3. The number of aromatic amines is 1. The normalized spacial score (nSPS) is 14.4. The number of aromatic nitrogens is 1. The number of H-pyrrole nitrogens is 1. The van der Waals surface area contributed by atoms with E-state index in [1.165, 1.54) is 0 Å². The molecule has 10 nitrogen and oxygen atoms in total. The van der Waals surface area contributed by atoms with Crippen LogP contribution < -0.4 is 25.7 Å². The van der Waals surface area contributed by atoms with Crippen molar-refractivity contribution in [2.45, 2.75) is 6.10 Å². The second-order valence-electron chi connectivity index (χ2n) is 6.92. The van der Waals surface area contributed by atoms with Gasteiger partial charge < -0.3 is 24.5 Å². The largest absolute Gasteiger partial charge is 0.486 e. The van der Waals surface area contributed by atoms with E-state index in [0.29, 0.717) is 22.4 Å². The smallest absolute Gasteiger partial charge is 0.339 e. The Morgan fingerprint density at radius 1 is 1.06 bits per heavy atom. The number of amides is 3. The van der Waals surface area contributed by atoms with Crippen LogP contribution in [0.3, 0.4) is 0 Å². The first-order valence-electron chi connectivity index (χ1n) is 9.75. The van der Waals surface area contributed by atoms with Gasteiger partial charge in [-0.25, -0.2) is 9.59 Å². The molecule has 32 heavy (non-hydrogen) atoms. The van der Waals surface area contributed by atoms with Gasteiger partial charge in [-0.2, -0.15) is 0 Å². The number of carbonyl (C=O) groups excluding carboxylic acids is 3. The van der Waals surface area contributed by atoms with E-state index in [4.69, 9.17) is 14.2 Å². The van der Waals surface area contributed by atoms with Crippen LogP contribution in [0.4, 0.5) is 4.79 Å². The Bertz CT molecular complexity index is 1240. The lowest BCUT2D eigenvalue weighted by Gasteiger charge is -2.26. The van der Waals surface area contributed by atoms with Crippen molar-refractivity contribution in [1.29, 1.82) is 0 Å². The molecule has 0 radical (unpaired) electrons. The average Bonchev–Trinajstić information content (AvgIpc) is 2.80. The van der Waals surface area contributed by atoms with Gasteiger partial charge in [-0.3, -0.25) is 14.9 Å². The lowest BCUT2D eigenvalue weighted by molar-refractivity contribution is -0.123. The van der Waals surface area contributed by atoms with Crippen LogP contribution in [0.15, 0.2) is 59.4 Å². The maximum Gasteiger partial charge on any atom is 0.339 e. The number of hydrogen-bond donors (Lipinski definition) is 3. The van der Waals surface area contributed by atoms with Crippen LogP contribution in [0.5, 0.6) is 11.5 Å². The summed E-state index contributed by atoms with van der Waals surface area (Å²) in [6.45, 7) is -0.344. The highest BCUT2D eigenvalue weighted by Gasteiger charge is 2.22. The van der Waals surface area contributed by atoms with Crippen LogP contribution >= 0.6 is 0 Å². The fourth-order valence-electron chi connectivity index (χ4n) is 3.16. The van der Waals surface area contributed by atoms with Gasteiger partial charge in [0, 0.05) is 17.0 Å². The summed E-state index contributed by atoms with van der Waals surface area (Å²) in [6.07, 6.45) is -0.423. The van der Waals surface area contributed by atoms with Crippen molar-refractivity contribution in [3.8, 4) is 11.5 Å². The highest BCUT2D eigenvalue weighted by Crippen LogP contribution is 2.30. The molecule has 1 unspecified atom stereocenters. The Hall–Kier alpha value is -4.34. The van der Waals surface area contributed by atoms with Crippen molar-refractivity contribution in [1.82, 2.24) is 15.6 Å². The predicted molar refractivity (Wildman–Crippen MR) is 113 cm³/mol. The van der Waals surface area contributed by atoms with E-state index < -0.39 is 36.2 Å². The molecule has 0 aliphatic carbocycles. The zero-order chi connectivity index (χ0) is 22.5. The van der Waals surface area contributed by atoms with E-state index in [0.717, 1.165) is 6.07 Å². The first kappa shape index (κ1) is 20.9. The molecule has 1 atom stereocenters. The molecule has 2 heterocycles. The molecule has 3 amide bonds. The number of nitrogens with one attached hydrogen (secondary N) is 3. The Morgan fingerprint density at radius 3 is 2.66 bits per heavy atom. The molecule has 1 aromatic heterocycles. The summed E-state index contributed by atoms with van der Waals surface area (Å²) in [6, 6.07) is 14.2. The Kier molecular flexibility index (Phi) is 6.02. The van der Waals surface area contributed by atoms with Gasteiger partial charge in [0.1, 0.15) is 6.61 Å². The SMILES string of the molecule is O=C(COC(=O)c1cc(=O)[nH]c2ccccc12)NC(=O)NCC1COc2ccccc2O1. The first-order chi connectivity index (χ1) is 15.5. The van der Waals surface area contributed by atoms with Crippen LogP contribution in [0.1, 0.15) is 10.4 Å². The van der Waals surface area contributed by atoms with E-state index in [9.17, 15) is 19.2 Å². The molecule has 0 fully saturated rings. The summed E-state index contributed by atoms with van der Waals surface area (Å²) in [7, 11) is 0. The van der Waals surface area contributed by atoms with Gasteiger partial charge in [0.05, 0.1) is 12.1 Å². The monoisotopic (exact) mass is 437 g/mol. The molecule has 4 rings (SSSR count). The quantitative estimate of drug-likeness (QED) is 0.513. The van der Waals surface area contributed by atoms with Crippen molar-refractivity contribution in [2.75, 3.05) is 19.8 Å². The maximum absolute atomic E-state index is 12.3. The van der Waals surface area contributed by atoms with Gasteiger partial charge in [-0.15, -0.1) is 0 Å². The van der Waals surface area contributed by atoms with Crippen molar-refractivity contribution >= 4 is 28.8 Å². The van der Waals surface area contributed by atoms with Gasteiger partial charge >= 0.3 is 12.0 Å². The summed E-state index contributed by atoms with van der Waals surface area (Å²) in [5.41, 5.74) is 0.0136. The van der Waals surface area contributed by atoms with Crippen LogP contribution in [0.25, 0.3) is 10.9 Å². The number of fused-ring (bicyclic) bond motifs is 2. The van der Waals surface area contributed by atoms with Crippen molar-refractivity contribution in [3.05, 3.63) is 70.5 Å². The summed E-state index contributed by atoms with van der Waals surface area (Å²) in [5, 5.41) is 5.05. The number of pyridine rings is 1. The maximum atomic E-state index is 12.3. The molecule has 3 N–H and O–H groups in total. The second kappa shape index (κ2) is 9.21. The number of rotatable bonds is 5. The van der Waals surface area contributed by atoms with E-state index in [1.807, 2.05) is 6.07 Å². The highest BCUT2D eigenvalue weighted by molar-refractivity contribution is 6.04. The van der Waals surface area contributed by atoms with Crippen LogP contribution in [0.2, 0.25) is 0 Å². The minimum atomic E-state index is -0.853. The number of carbonyl (C=O) groups is 3. The minimum absolute atomic E-state index is 0.0244. The summed E-state index contributed by atoms with van der Waals surface area (Å²) < 4.78 is 16.2. The van der Waals surface area contributed by atoms with Crippen molar-refractivity contribution in [3.63, 3.8) is 0 Å². The van der Waals surface area contributed by atoms with E-state index in [-0.39, 0.29) is 18.7 Å². The fourth-order valence-corrected chi connectivity index (χ4v) is 3.16. The minimum Gasteiger partial charge on any atom is -0.486 e. The number of urea groups is 1. The molecule has 164 valence electrons. The van der Waals surface area contributed by atoms with E-state index >= 15 is 0 Å².